The molecule has 0 saturated carbocycles. The van der Waals surface area contributed by atoms with Crippen LogP contribution in [-0.4, -0.2) is 55.1 Å². The van der Waals surface area contributed by atoms with E-state index in [1.807, 2.05) is 0 Å². The van der Waals surface area contributed by atoms with Crippen molar-refractivity contribution in [3.05, 3.63) is 0 Å². The molecule has 0 spiro atoms. The highest BCUT2D eigenvalue weighted by Crippen LogP contribution is 2.11. The van der Waals surface area contributed by atoms with Crippen molar-refractivity contribution in [1.82, 2.24) is 9.80 Å². The van der Waals surface area contributed by atoms with Gasteiger partial charge in [0.2, 0.25) is 0 Å². The molecule has 108 valence electrons. The first-order valence-corrected chi connectivity index (χ1v) is 7.98. The van der Waals surface area contributed by atoms with Crippen LogP contribution in [0.25, 0.3) is 0 Å². The van der Waals surface area contributed by atoms with E-state index in [4.69, 9.17) is 5.73 Å². The smallest absolute Gasteiger partial charge is 0.0219 e. The van der Waals surface area contributed by atoms with Crippen LogP contribution in [0.5, 0.6) is 0 Å². The molecule has 1 heterocycles. The highest BCUT2D eigenvalue weighted by atomic mass is 15.3. The Kier molecular flexibility index (Phi) is 8.64. The maximum Gasteiger partial charge on any atom is 0.0219 e. The lowest BCUT2D eigenvalue weighted by molar-refractivity contribution is 0.0934. The van der Waals surface area contributed by atoms with Crippen molar-refractivity contribution in [2.75, 3.05) is 39.3 Å². The van der Waals surface area contributed by atoms with Crippen molar-refractivity contribution in [3.63, 3.8) is 0 Å². The van der Waals surface area contributed by atoms with E-state index in [1.165, 1.54) is 71.2 Å². The standard InChI is InChI=1S/C15H33N3/c1-3-5-6-7-9-17-10-12-18(13-11-17)15(14-16)8-4-2/h15H,3-14,16H2,1-2H3. The van der Waals surface area contributed by atoms with Crippen LogP contribution in [-0.2, 0) is 0 Å². The average Bonchev–Trinajstić information content (AvgIpc) is 2.42. The molecule has 1 unspecified atom stereocenters. The summed E-state index contributed by atoms with van der Waals surface area (Å²) in [6.45, 7) is 11.6. The van der Waals surface area contributed by atoms with Crippen LogP contribution in [0.2, 0.25) is 0 Å². The molecule has 0 aromatic rings. The first kappa shape index (κ1) is 15.9. The van der Waals surface area contributed by atoms with Gasteiger partial charge in [-0.3, -0.25) is 4.90 Å². The van der Waals surface area contributed by atoms with Gasteiger partial charge in [-0.05, 0) is 19.4 Å². The number of rotatable bonds is 9. The van der Waals surface area contributed by atoms with E-state index in [0.717, 1.165) is 6.54 Å². The van der Waals surface area contributed by atoms with E-state index in [-0.39, 0.29) is 0 Å². The topological polar surface area (TPSA) is 32.5 Å². The molecule has 2 N–H and O–H groups in total. The maximum absolute atomic E-state index is 5.88. The Balaban J connectivity index is 2.15. The molecule has 0 aliphatic carbocycles. The Labute approximate surface area is 114 Å². The fraction of sp³-hybridized carbons (Fsp3) is 1.00. The van der Waals surface area contributed by atoms with Crippen molar-refractivity contribution >= 4 is 0 Å². The summed E-state index contributed by atoms with van der Waals surface area (Å²) in [5, 5.41) is 0. The predicted octanol–water partition coefficient (Wildman–Crippen LogP) is 2.31. The molecule has 3 nitrogen and oxygen atoms in total. The molecule has 1 rings (SSSR count). The molecule has 1 atom stereocenters. The number of piperazine rings is 1. The van der Waals surface area contributed by atoms with Crippen molar-refractivity contribution in [3.8, 4) is 0 Å². The summed E-state index contributed by atoms with van der Waals surface area (Å²) in [5.41, 5.74) is 5.88. The van der Waals surface area contributed by atoms with Gasteiger partial charge in [-0.1, -0.05) is 39.5 Å². The highest BCUT2D eigenvalue weighted by molar-refractivity contribution is 4.79. The van der Waals surface area contributed by atoms with Crippen LogP contribution in [0, 0.1) is 0 Å². The molecule has 0 aromatic carbocycles. The van der Waals surface area contributed by atoms with Crippen LogP contribution in [0.1, 0.15) is 52.4 Å². The number of hydrogen-bond donors (Lipinski definition) is 1. The van der Waals surface area contributed by atoms with E-state index >= 15 is 0 Å². The van der Waals surface area contributed by atoms with Crippen molar-refractivity contribution < 1.29 is 0 Å². The summed E-state index contributed by atoms with van der Waals surface area (Å²) in [7, 11) is 0. The molecule has 1 saturated heterocycles. The Hall–Kier alpha value is -0.120. The lowest BCUT2D eigenvalue weighted by Crippen LogP contribution is -2.52. The van der Waals surface area contributed by atoms with Gasteiger partial charge in [-0.25, -0.2) is 0 Å². The zero-order valence-corrected chi connectivity index (χ0v) is 12.5. The summed E-state index contributed by atoms with van der Waals surface area (Å²) < 4.78 is 0. The second-order valence-corrected chi connectivity index (χ2v) is 5.62. The third kappa shape index (κ3) is 5.68. The summed E-state index contributed by atoms with van der Waals surface area (Å²) in [5.74, 6) is 0. The monoisotopic (exact) mass is 255 g/mol. The van der Waals surface area contributed by atoms with Gasteiger partial charge in [-0.2, -0.15) is 0 Å². The quantitative estimate of drug-likeness (QED) is 0.642. The molecule has 1 fully saturated rings. The largest absolute Gasteiger partial charge is 0.329 e. The highest BCUT2D eigenvalue weighted by Gasteiger charge is 2.21. The van der Waals surface area contributed by atoms with Crippen LogP contribution in [0.4, 0.5) is 0 Å². The number of unbranched alkanes of at least 4 members (excludes halogenated alkanes) is 3. The molecule has 0 bridgehead atoms. The molecule has 18 heavy (non-hydrogen) atoms. The van der Waals surface area contributed by atoms with Crippen molar-refractivity contribution in [2.45, 2.75) is 58.4 Å². The zero-order chi connectivity index (χ0) is 13.2. The molecular formula is C15H33N3. The van der Waals surface area contributed by atoms with Gasteiger partial charge < -0.3 is 10.6 Å². The Bertz CT molecular complexity index is 188. The van der Waals surface area contributed by atoms with Crippen molar-refractivity contribution in [2.24, 2.45) is 5.73 Å². The number of nitrogens with zero attached hydrogens (tertiary/aromatic N) is 2. The number of nitrogens with two attached hydrogens (primary N) is 1. The Morgan fingerprint density at radius 1 is 0.944 bits per heavy atom. The van der Waals surface area contributed by atoms with E-state index < -0.39 is 0 Å². The Morgan fingerprint density at radius 2 is 1.67 bits per heavy atom. The molecular weight excluding hydrogens is 222 g/mol. The minimum atomic E-state index is 0.622. The van der Waals surface area contributed by atoms with Crippen LogP contribution < -0.4 is 5.73 Å². The van der Waals surface area contributed by atoms with Gasteiger partial charge in [0.1, 0.15) is 0 Å². The van der Waals surface area contributed by atoms with Gasteiger partial charge in [0.05, 0.1) is 0 Å². The summed E-state index contributed by atoms with van der Waals surface area (Å²) in [6.07, 6.45) is 8.02. The SMILES string of the molecule is CCCCCCN1CCN(C(CN)CCC)CC1. The summed E-state index contributed by atoms with van der Waals surface area (Å²) in [4.78, 5) is 5.23. The minimum absolute atomic E-state index is 0.622. The first-order chi connectivity index (χ1) is 8.81. The van der Waals surface area contributed by atoms with Gasteiger partial charge >= 0.3 is 0 Å². The second-order valence-electron chi connectivity index (χ2n) is 5.62. The molecule has 0 amide bonds. The fourth-order valence-electron chi connectivity index (χ4n) is 2.90. The van der Waals surface area contributed by atoms with Gasteiger partial charge in [0.25, 0.3) is 0 Å². The molecule has 3 heteroatoms. The second kappa shape index (κ2) is 9.76. The van der Waals surface area contributed by atoms with E-state index in [0.29, 0.717) is 6.04 Å². The molecule has 1 aliphatic heterocycles. The average molecular weight is 255 g/mol. The van der Waals surface area contributed by atoms with E-state index in [1.54, 1.807) is 0 Å². The lowest BCUT2D eigenvalue weighted by Gasteiger charge is -2.39. The van der Waals surface area contributed by atoms with Crippen LogP contribution >= 0.6 is 0 Å². The van der Waals surface area contributed by atoms with E-state index in [9.17, 15) is 0 Å². The van der Waals surface area contributed by atoms with Crippen molar-refractivity contribution in [1.29, 1.82) is 0 Å². The Morgan fingerprint density at radius 3 is 2.22 bits per heavy atom. The zero-order valence-electron chi connectivity index (χ0n) is 12.5. The summed E-state index contributed by atoms with van der Waals surface area (Å²) in [6, 6.07) is 0.622. The maximum atomic E-state index is 5.88. The number of hydrogen-bond acceptors (Lipinski definition) is 3. The van der Waals surface area contributed by atoms with E-state index in [2.05, 4.69) is 23.6 Å². The van der Waals surface area contributed by atoms with Gasteiger partial charge in [-0.15, -0.1) is 0 Å². The van der Waals surface area contributed by atoms with Gasteiger partial charge in [0.15, 0.2) is 0 Å². The van der Waals surface area contributed by atoms with Gasteiger partial charge in [0, 0.05) is 38.8 Å². The third-order valence-corrected chi connectivity index (χ3v) is 4.15. The molecule has 1 aliphatic rings. The lowest BCUT2D eigenvalue weighted by atomic mass is 10.1. The molecule has 0 radical (unpaired) electrons. The minimum Gasteiger partial charge on any atom is -0.329 e. The predicted molar refractivity (Wildman–Crippen MR) is 79.9 cm³/mol. The normalized spacial score (nSPS) is 20.2. The van der Waals surface area contributed by atoms with Crippen LogP contribution in [0.3, 0.4) is 0 Å². The summed E-state index contributed by atoms with van der Waals surface area (Å²) >= 11 is 0. The van der Waals surface area contributed by atoms with Crippen LogP contribution in [0.15, 0.2) is 0 Å². The fourth-order valence-corrected chi connectivity index (χ4v) is 2.90. The molecule has 0 aromatic heterocycles. The first-order valence-electron chi connectivity index (χ1n) is 7.98. The third-order valence-electron chi connectivity index (χ3n) is 4.15.